The van der Waals surface area contributed by atoms with Crippen molar-refractivity contribution < 1.29 is 14.0 Å². The van der Waals surface area contributed by atoms with Crippen molar-refractivity contribution in [2.24, 2.45) is 0 Å². The zero-order valence-corrected chi connectivity index (χ0v) is 15.9. The Balaban J connectivity index is 1.66. The van der Waals surface area contributed by atoms with Crippen LogP contribution in [0, 0.1) is 6.92 Å². The Hall–Kier alpha value is -3.09. The molecule has 0 fully saturated rings. The predicted molar refractivity (Wildman–Crippen MR) is 101 cm³/mol. The molecule has 0 unspecified atom stereocenters. The molecule has 140 valence electrons. The molecular formula is C20H22N4O3. The summed E-state index contributed by atoms with van der Waals surface area (Å²) in [6.07, 6.45) is 1.77. The first-order valence-electron chi connectivity index (χ1n) is 8.96. The lowest BCUT2D eigenvalue weighted by Gasteiger charge is -2.33. The highest BCUT2D eigenvalue weighted by atomic mass is 16.3. The average molecular weight is 366 g/mol. The van der Waals surface area contributed by atoms with Crippen LogP contribution in [0.25, 0.3) is 11.0 Å². The Morgan fingerprint density at radius 1 is 1.22 bits per heavy atom. The third-order valence-corrected chi connectivity index (χ3v) is 5.15. The van der Waals surface area contributed by atoms with Crippen molar-refractivity contribution in [1.29, 1.82) is 0 Å². The summed E-state index contributed by atoms with van der Waals surface area (Å²) >= 11 is 0. The topological polar surface area (TPSA) is 71.6 Å². The van der Waals surface area contributed by atoms with E-state index >= 15 is 0 Å². The second kappa shape index (κ2) is 6.26. The second-order valence-corrected chi connectivity index (χ2v) is 7.10. The van der Waals surface area contributed by atoms with Crippen molar-refractivity contribution in [2.45, 2.75) is 26.4 Å². The van der Waals surface area contributed by atoms with Crippen molar-refractivity contribution in [1.82, 2.24) is 19.4 Å². The minimum absolute atomic E-state index is 0.143. The molecule has 0 radical (unpaired) electrons. The van der Waals surface area contributed by atoms with E-state index in [0.29, 0.717) is 36.0 Å². The van der Waals surface area contributed by atoms with E-state index in [2.05, 4.69) is 4.98 Å². The van der Waals surface area contributed by atoms with Gasteiger partial charge >= 0.3 is 0 Å². The zero-order valence-electron chi connectivity index (χ0n) is 15.9. The standard InChI is InChI=1S/C20H22N4O3/c1-12-14-7-5-6-8-16(14)27-17(12)20(26)24-10-9-23-11-15(19(25)22(3)4)21-18(23)13(24)2/h5-8,11,13H,9-10H2,1-4H3/t13-/m1/s1. The predicted octanol–water partition coefficient (Wildman–Crippen LogP) is 2.86. The van der Waals surface area contributed by atoms with Crippen LogP contribution in [0.3, 0.4) is 0 Å². The fraction of sp³-hybridized carbons (Fsp3) is 0.350. The molecule has 0 N–H and O–H groups in total. The number of hydrogen-bond acceptors (Lipinski definition) is 4. The van der Waals surface area contributed by atoms with Crippen molar-refractivity contribution in [3.8, 4) is 0 Å². The lowest BCUT2D eigenvalue weighted by atomic mass is 10.1. The molecule has 7 heteroatoms. The average Bonchev–Trinajstić information content (AvgIpc) is 3.23. The molecule has 0 saturated carbocycles. The molecule has 3 heterocycles. The quantitative estimate of drug-likeness (QED) is 0.699. The Bertz CT molecular complexity index is 1050. The van der Waals surface area contributed by atoms with Crippen molar-refractivity contribution in [3.63, 3.8) is 0 Å². The number of para-hydroxylation sites is 1. The normalized spacial score (nSPS) is 16.4. The maximum atomic E-state index is 13.2. The first-order valence-corrected chi connectivity index (χ1v) is 8.96. The molecule has 2 aromatic heterocycles. The van der Waals surface area contributed by atoms with Gasteiger partial charge in [-0.15, -0.1) is 0 Å². The van der Waals surface area contributed by atoms with Gasteiger partial charge in [-0.1, -0.05) is 18.2 Å². The molecule has 1 aliphatic heterocycles. The van der Waals surface area contributed by atoms with Gasteiger partial charge in [0.05, 0.1) is 6.04 Å². The van der Waals surface area contributed by atoms with Crippen molar-refractivity contribution in [3.05, 3.63) is 53.3 Å². The maximum Gasteiger partial charge on any atom is 0.290 e. The fourth-order valence-electron chi connectivity index (χ4n) is 3.61. The van der Waals surface area contributed by atoms with Crippen molar-refractivity contribution in [2.75, 3.05) is 20.6 Å². The van der Waals surface area contributed by atoms with Crippen LogP contribution in [0.2, 0.25) is 0 Å². The van der Waals surface area contributed by atoms with E-state index in [0.717, 1.165) is 10.9 Å². The molecule has 2 amide bonds. The summed E-state index contributed by atoms with van der Waals surface area (Å²) in [5, 5.41) is 0.950. The van der Waals surface area contributed by atoms with Crippen molar-refractivity contribution >= 4 is 22.8 Å². The Labute approximate surface area is 157 Å². The van der Waals surface area contributed by atoms with Crippen LogP contribution in [-0.2, 0) is 6.54 Å². The lowest BCUT2D eigenvalue weighted by Crippen LogP contribution is -2.41. The number of rotatable bonds is 2. The summed E-state index contributed by atoms with van der Waals surface area (Å²) in [5.74, 6) is 0.794. The van der Waals surface area contributed by atoms with Gasteiger partial charge in [0.15, 0.2) is 5.76 Å². The third kappa shape index (κ3) is 2.70. The number of aryl methyl sites for hydroxylation is 1. The lowest BCUT2D eigenvalue weighted by molar-refractivity contribution is 0.0606. The van der Waals surface area contributed by atoms with Crippen LogP contribution in [0.5, 0.6) is 0 Å². The first kappa shape index (κ1) is 17.3. The number of carbonyl (C=O) groups excluding carboxylic acids is 2. The Kier molecular flexibility index (Phi) is 4.02. The van der Waals surface area contributed by atoms with Gasteiger partial charge in [-0.2, -0.15) is 0 Å². The summed E-state index contributed by atoms with van der Waals surface area (Å²) in [6, 6.07) is 7.40. The minimum atomic E-state index is -0.248. The van der Waals surface area contributed by atoms with Gasteiger partial charge in [0.2, 0.25) is 0 Å². The molecule has 0 aliphatic carbocycles. The van der Waals surface area contributed by atoms with E-state index < -0.39 is 0 Å². The molecule has 1 aliphatic rings. The highest BCUT2D eigenvalue weighted by molar-refractivity contribution is 5.99. The molecule has 0 saturated heterocycles. The summed E-state index contributed by atoms with van der Waals surface area (Å²) < 4.78 is 7.80. The van der Waals surface area contributed by atoms with Gasteiger partial charge in [-0.3, -0.25) is 9.59 Å². The third-order valence-electron chi connectivity index (χ3n) is 5.15. The number of nitrogens with zero attached hydrogens (tertiary/aromatic N) is 4. The number of aromatic nitrogens is 2. The highest BCUT2D eigenvalue weighted by Gasteiger charge is 2.33. The summed E-state index contributed by atoms with van der Waals surface area (Å²) in [7, 11) is 3.40. The molecule has 0 spiro atoms. The van der Waals surface area contributed by atoms with E-state index in [1.54, 1.807) is 25.2 Å². The number of amides is 2. The van der Waals surface area contributed by atoms with E-state index in [1.165, 1.54) is 4.90 Å². The monoisotopic (exact) mass is 366 g/mol. The SMILES string of the molecule is Cc1c(C(=O)N2CCn3cc(C(=O)N(C)C)nc3[C@H]2C)oc2ccccc12. The summed E-state index contributed by atoms with van der Waals surface area (Å²) in [5.41, 5.74) is 1.96. The summed E-state index contributed by atoms with van der Waals surface area (Å²) in [6.45, 7) is 4.97. The molecule has 0 bridgehead atoms. The molecule has 1 atom stereocenters. The molecular weight excluding hydrogens is 344 g/mol. The number of furan rings is 1. The van der Waals surface area contributed by atoms with Crippen LogP contribution in [0.4, 0.5) is 0 Å². The van der Waals surface area contributed by atoms with Crippen LogP contribution >= 0.6 is 0 Å². The maximum absolute atomic E-state index is 13.2. The Morgan fingerprint density at radius 2 is 1.96 bits per heavy atom. The van der Waals surface area contributed by atoms with E-state index in [1.807, 2.05) is 42.7 Å². The Morgan fingerprint density at radius 3 is 2.67 bits per heavy atom. The van der Waals surface area contributed by atoms with Gasteiger partial charge < -0.3 is 18.8 Å². The number of benzene rings is 1. The molecule has 3 aromatic rings. The van der Waals surface area contributed by atoms with Gasteiger partial charge in [-0.25, -0.2) is 4.98 Å². The first-order chi connectivity index (χ1) is 12.9. The summed E-state index contributed by atoms with van der Waals surface area (Å²) in [4.78, 5) is 33.1. The van der Waals surface area contributed by atoms with Gasteiger partial charge in [0.1, 0.15) is 17.1 Å². The largest absolute Gasteiger partial charge is 0.451 e. The number of carbonyl (C=O) groups is 2. The number of fused-ring (bicyclic) bond motifs is 2. The molecule has 27 heavy (non-hydrogen) atoms. The van der Waals surface area contributed by atoms with Crippen LogP contribution in [-0.4, -0.2) is 51.8 Å². The van der Waals surface area contributed by atoms with Crippen LogP contribution < -0.4 is 0 Å². The van der Waals surface area contributed by atoms with Crippen LogP contribution in [0.15, 0.2) is 34.9 Å². The van der Waals surface area contributed by atoms with Gasteiger partial charge in [-0.05, 0) is 19.9 Å². The minimum Gasteiger partial charge on any atom is -0.451 e. The second-order valence-electron chi connectivity index (χ2n) is 7.10. The van der Waals surface area contributed by atoms with Gasteiger partial charge in [0, 0.05) is 44.3 Å². The van der Waals surface area contributed by atoms with E-state index in [9.17, 15) is 9.59 Å². The molecule has 7 nitrogen and oxygen atoms in total. The van der Waals surface area contributed by atoms with E-state index in [-0.39, 0.29) is 17.9 Å². The zero-order chi connectivity index (χ0) is 19.3. The smallest absolute Gasteiger partial charge is 0.290 e. The van der Waals surface area contributed by atoms with E-state index in [4.69, 9.17) is 4.42 Å². The highest BCUT2D eigenvalue weighted by Crippen LogP contribution is 2.30. The number of hydrogen-bond donors (Lipinski definition) is 0. The fourth-order valence-corrected chi connectivity index (χ4v) is 3.61. The molecule has 4 rings (SSSR count). The molecule has 1 aromatic carbocycles. The number of imidazole rings is 1. The van der Waals surface area contributed by atoms with Gasteiger partial charge in [0.25, 0.3) is 11.8 Å². The van der Waals surface area contributed by atoms with Crippen LogP contribution in [0.1, 0.15) is 45.4 Å².